The number of rotatable bonds is 8. The summed E-state index contributed by atoms with van der Waals surface area (Å²) in [6, 6.07) is 23.9. The van der Waals surface area contributed by atoms with Crippen molar-refractivity contribution < 1.29 is 9.53 Å². The second-order valence-corrected chi connectivity index (χ2v) is 7.19. The molecule has 4 rings (SSSR count). The van der Waals surface area contributed by atoms with Crippen molar-refractivity contribution in [3.63, 3.8) is 0 Å². The van der Waals surface area contributed by atoms with E-state index >= 15 is 0 Å². The maximum absolute atomic E-state index is 12.4. The predicted octanol–water partition coefficient (Wildman–Crippen LogP) is 5.01. The molecular formula is C25H25N3O2. The molecule has 152 valence electrons. The standard InChI is InChI=1S/C25H25N3O2/c1-30-22-12-6-18(7-13-22)14-15-26-20-8-10-21(11-9-20)28-25(29)16-19-17-27-24-5-3-2-4-23(19)24/h2-13,17,26-27H,14-16H2,1H3,(H,28,29). The van der Waals surface area contributed by atoms with Crippen LogP contribution in [0.4, 0.5) is 11.4 Å². The molecule has 0 unspecified atom stereocenters. The van der Waals surface area contributed by atoms with Gasteiger partial charge in [-0.2, -0.15) is 0 Å². The Morgan fingerprint density at radius 3 is 2.43 bits per heavy atom. The molecule has 4 aromatic rings. The summed E-state index contributed by atoms with van der Waals surface area (Å²) in [6.07, 6.45) is 3.17. The number of carbonyl (C=O) groups excluding carboxylic acids is 1. The lowest BCUT2D eigenvalue weighted by Gasteiger charge is -2.09. The summed E-state index contributed by atoms with van der Waals surface area (Å²) in [5, 5.41) is 7.47. The van der Waals surface area contributed by atoms with E-state index in [0.717, 1.165) is 46.6 Å². The monoisotopic (exact) mass is 399 g/mol. The second-order valence-electron chi connectivity index (χ2n) is 7.19. The number of aromatic nitrogens is 1. The molecule has 0 saturated carbocycles. The number of nitrogens with one attached hydrogen (secondary N) is 3. The number of methoxy groups -OCH3 is 1. The fraction of sp³-hybridized carbons (Fsp3) is 0.160. The van der Waals surface area contributed by atoms with Gasteiger partial charge in [-0.1, -0.05) is 30.3 Å². The number of H-pyrrole nitrogens is 1. The average molecular weight is 399 g/mol. The topological polar surface area (TPSA) is 66.2 Å². The third-order valence-corrected chi connectivity index (χ3v) is 5.10. The maximum Gasteiger partial charge on any atom is 0.228 e. The number of benzene rings is 3. The second kappa shape index (κ2) is 9.18. The van der Waals surface area contributed by atoms with Gasteiger partial charge < -0.3 is 20.4 Å². The summed E-state index contributed by atoms with van der Waals surface area (Å²) in [5.74, 6) is 0.842. The van der Waals surface area contributed by atoms with Crippen molar-refractivity contribution in [2.24, 2.45) is 0 Å². The minimum atomic E-state index is -0.0278. The molecule has 3 aromatic carbocycles. The van der Waals surface area contributed by atoms with Gasteiger partial charge in [0.25, 0.3) is 0 Å². The molecule has 0 saturated heterocycles. The Morgan fingerprint density at radius 2 is 1.67 bits per heavy atom. The van der Waals surface area contributed by atoms with E-state index in [1.807, 2.05) is 66.9 Å². The van der Waals surface area contributed by atoms with Crippen molar-refractivity contribution in [3.8, 4) is 5.75 Å². The van der Waals surface area contributed by atoms with Crippen molar-refractivity contribution in [3.05, 3.63) is 90.1 Å². The zero-order valence-electron chi connectivity index (χ0n) is 16.9. The van der Waals surface area contributed by atoms with Gasteiger partial charge in [0, 0.05) is 35.0 Å². The molecule has 1 aromatic heterocycles. The Bertz CT molecular complexity index is 1120. The molecule has 5 heteroatoms. The minimum absolute atomic E-state index is 0.0278. The van der Waals surface area contributed by atoms with Crippen LogP contribution in [0.2, 0.25) is 0 Å². The quantitative estimate of drug-likeness (QED) is 0.390. The zero-order valence-corrected chi connectivity index (χ0v) is 16.9. The summed E-state index contributed by atoms with van der Waals surface area (Å²) in [4.78, 5) is 15.6. The lowest BCUT2D eigenvalue weighted by Crippen LogP contribution is -2.14. The first-order valence-corrected chi connectivity index (χ1v) is 10.0. The Hall–Kier alpha value is -3.73. The van der Waals surface area contributed by atoms with Gasteiger partial charge in [0.05, 0.1) is 13.5 Å². The van der Waals surface area contributed by atoms with Crippen molar-refractivity contribution in [2.75, 3.05) is 24.3 Å². The first-order valence-electron chi connectivity index (χ1n) is 10.0. The van der Waals surface area contributed by atoms with Crippen LogP contribution in [0.1, 0.15) is 11.1 Å². The summed E-state index contributed by atoms with van der Waals surface area (Å²) in [7, 11) is 1.67. The molecule has 3 N–H and O–H groups in total. The molecule has 0 aliphatic carbocycles. The number of anilines is 2. The van der Waals surface area contributed by atoms with Crippen LogP contribution in [0.3, 0.4) is 0 Å². The van der Waals surface area contributed by atoms with E-state index in [1.54, 1.807) is 7.11 Å². The number of hydrogen-bond donors (Lipinski definition) is 3. The number of ether oxygens (including phenoxy) is 1. The van der Waals surface area contributed by atoms with Crippen molar-refractivity contribution in [1.29, 1.82) is 0 Å². The maximum atomic E-state index is 12.4. The molecule has 5 nitrogen and oxygen atoms in total. The van der Waals surface area contributed by atoms with Gasteiger partial charge in [0.15, 0.2) is 0 Å². The van der Waals surface area contributed by atoms with E-state index in [4.69, 9.17) is 4.74 Å². The van der Waals surface area contributed by atoms with Crippen LogP contribution in [0.5, 0.6) is 5.75 Å². The highest BCUT2D eigenvalue weighted by Crippen LogP contribution is 2.19. The number of fused-ring (bicyclic) bond motifs is 1. The Labute approximate surface area is 176 Å². The smallest absolute Gasteiger partial charge is 0.228 e. The summed E-state index contributed by atoms with van der Waals surface area (Å²) < 4.78 is 5.18. The molecule has 0 fully saturated rings. The van der Waals surface area contributed by atoms with Gasteiger partial charge in [0.2, 0.25) is 5.91 Å². The fourth-order valence-electron chi connectivity index (χ4n) is 3.47. The summed E-state index contributed by atoms with van der Waals surface area (Å²) in [6.45, 7) is 0.832. The van der Waals surface area contributed by atoms with E-state index in [9.17, 15) is 4.79 Å². The van der Waals surface area contributed by atoms with Gasteiger partial charge in [-0.05, 0) is 60.0 Å². The molecule has 0 radical (unpaired) electrons. The summed E-state index contributed by atoms with van der Waals surface area (Å²) in [5.41, 5.74) is 5.12. The molecule has 0 aliphatic rings. The number of carbonyl (C=O) groups is 1. The van der Waals surface area contributed by atoms with Gasteiger partial charge in [0.1, 0.15) is 5.75 Å². The van der Waals surface area contributed by atoms with Crippen LogP contribution in [0, 0.1) is 0 Å². The van der Waals surface area contributed by atoms with Gasteiger partial charge >= 0.3 is 0 Å². The van der Waals surface area contributed by atoms with Crippen molar-refractivity contribution in [2.45, 2.75) is 12.8 Å². The zero-order chi connectivity index (χ0) is 20.8. The molecule has 0 aliphatic heterocycles. The van der Waals surface area contributed by atoms with Crippen molar-refractivity contribution >= 4 is 28.2 Å². The third kappa shape index (κ3) is 4.81. The number of hydrogen-bond acceptors (Lipinski definition) is 3. The number of amides is 1. The van der Waals surface area contributed by atoms with E-state index < -0.39 is 0 Å². The summed E-state index contributed by atoms with van der Waals surface area (Å²) >= 11 is 0. The molecule has 1 amide bonds. The number of aromatic amines is 1. The van der Waals surface area contributed by atoms with Crippen LogP contribution < -0.4 is 15.4 Å². The van der Waals surface area contributed by atoms with Crippen LogP contribution in [-0.4, -0.2) is 24.5 Å². The van der Waals surface area contributed by atoms with E-state index in [1.165, 1.54) is 5.56 Å². The molecule has 1 heterocycles. The van der Waals surface area contributed by atoms with Gasteiger partial charge in [-0.3, -0.25) is 4.79 Å². The average Bonchev–Trinajstić information content (AvgIpc) is 3.18. The number of para-hydroxylation sites is 1. The molecule has 0 atom stereocenters. The van der Waals surface area contributed by atoms with Crippen LogP contribution in [0.15, 0.2) is 79.0 Å². The van der Waals surface area contributed by atoms with Crippen LogP contribution >= 0.6 is 0 Å². The largest absolute Gasteiger partial charge is 0.497 e. The van der Waals surface area contributed by atoms with Crippen LogP contribution in [-0.2, 0) is 17.6 Å². The molecule has 0 spiro atoms. The third-order valence-electron chi connectivity index (χ3n) is 5.10. The highest BCUT2D eigenvalue weighted by molar-refractivity contribution is 5.95. The van der Waals surface area contributed by atoms with Crippen LogP contribution in [0.25, 0.3) is 10.9 Å². The lowest BCUT2D eigenvalue weighted by molar-refractivity contribution is -0.115. The highest BCUT2D eigenvalue weighted by Gasteiger charge is 2.09. The van der Waals surface area contributed by atoms with E-state index in [-0.39, 0.29) is 5.91 Å². The van der Waals surface area contributed by atoms with E-state index in [0.29, 0.717) is 6.42 Å². The Balaban J connectivity index is 1.27. The van der Waals surface area contributed by atoms with Gasteiger partial charge in [-0.25, -0.2) is 0 Å². The first kappa shape index (κ1) is 19.6. The normalized spacial score (nSPS) is 10.7. The molecule has 30 heavy (non-hydrogen) atoms. The minimum Gasteiger partial charge on any atom is -0.497 e. The molecular weight excluding hydrogens is 374 g/mol. The Kier molecular flexibility index (Phi) is 5.99. The first-order chi connectivity index (χ1) is 14.7. The SMILES string of the molecule is COc1ccc(CCNc2ccc(NC(=O)Cc3c[nH]c4ccccc34)cc2)cc1. The fourth-order valence-corrected chi connectivity index (χ4v) is 3.47. The van der Waals surface area contributed by atoms with E-state index in [2.05, 4.69) is 27.8 Å². The van der Waals surface area contributed by atoms with Crippen molar-refractivity contribution in [1.82, 2.24) is 4.98 Å². The lowest BCUT2D eigenvalue weighted by atomic mass is 10.1. The Morgan fingerprint density at radius 1 is 0.933 bits per heavy atom. The molecule has 0 bridgehead atoms. The highest BCUT2D eigenvalue weighted by atomic mass is 16.5. The predicted molar refractivity (Wildman–Crippen MR) is 122 cm³/mol. The van der Waals surface area contributed by atoms with Gasteiger partial charge in [-0.15, -0.1) is 0 Å².